The summed E-state index contributed by atoms with van der Waals surface area (Å²) < 4.78 is 1.35. The van der Waals surface area contributed by atoms with E-state index in [1.54, 1.807) is 45.0 Å². The van der Waals surface area contributed by atoms with Crippen molar-refractivity contribution in [1.29, 1.82) is 0 Å². The van der Waals surface area contributed by atoms with Crippen LogP contribution >= 0.6 is 11.6 Å². The summed E-state index contributed by atoms with van der Waals surface area (Å²) in [5.74, 6) is -1.31. The number of benzene rings is 1. The zero-order chi connectivity index (χ0) is 19.0. The number of pyridine rings is 1. The second-order valence-corrected chi connectivity index (χ2v) is 6.46. The van der Waals surface area contributed by atoms with Gasteiger partial charge in [-0.15, -0.1) is 0 Å². The molecule has 0 saturated carbocycles. The SMILES string of the molecule is Cc1cc(C(=O)Nc2c(C)nn(CC(=O)O)c2C)c2ccc(Cl)cc2n1. The van der Waals surface area contributed by atoms with Gasteiger partial charge in [-0.2, -0.15) is 5.10 Å². The van der Waals surface area contributed by atoms with E-state index in [1.807, 2.05) is 0 Å². The minimum Gasteiger partial charge on any atom is -0.480 e. The van der Waals surface area contributed by atoms with Gasteiger partial charge in [-0.1, -0.05) is 17.7 Å². The Hall–Kier alpha value is -2.93. The molecule has 0 atom stereocenters. The van der Waals surface area contributed by atoms with Crippen molar-refractivity contribution in [2.24, 2.45) is 0 Å². The molecule has 0 spiro atoms. The van der Waals surface area contributed by atoms with E-state index in [2.05, 4.69) is 15.4 Å². The first kappa shape index (κ1) is 17.9. The highest BCUT2D eigenvalue weighted by atomic mass is 35.5. The van der Waals surface area contributed by atoms with Crippen LogP contribution in [-0.4, -0.2) is 31.7 Å². The van der Waals surface area contributed by atoms with E-state index >= 15 is 0 Å². The summed E-state index contributed by atoms with van der Waals surface area (Å²) in [7, 11) is 0. The number of nitrogens with zero attached hydrogens (tertiary/aromatic N) is 3. The molecule has 0 unspecified atom stereocenters. The number of aromatic nitrogens is 3. The van der Waals surface area contributed by atoms with Gasteiger partial charge in [0, 0.05) is 16.1 Å². The third-order valence-electron chi connectivity index (χ3n) is 4.05. The van der Waals surface area contributed by atoms with E-state index in [0.29, 0.717) is 44.3 Å². The van der Waals surface area contributed by atoms with Crippen molar-refractivity contribution in [3.63, 3.8) is 0 Å². The topological polar surface area (TPSA) is 97.1 Å². The lowest BCUT2D eigenvalue weighted by Gasteiger charge is -2.10. The highest BCUT2D eigenvalue weighted by Crippen LogP contribution is 2.25. The van der Waals surface area contributed by atoms with Crippen LogP contribution in [0.4, 0.5) is 5.69 Å². The Bertz CT molecular complexity index is 1040. The van der Waals surface area contributed by atoms with Gasteiger partial charge >= 0.3 is 5.97 Å². The summed E-state index contributed by atoms with van der Waals surface area (Å²) in [4.78, 5) is 28.2. The number of carboxylic acids is 1. The van der Waals surface area contributed by atoms with E-state index in [0.717, 1.165) is 0 Å². The van der Waals surface area contributed by atoms with Crippen molar-refractivity contribution in [3.8, 4) is 0 Å². The van der Waals surface area contributed by atoms with Gasteiger partial charge in [-0.3, -0.25) is 19.3 Å². The largest absolute Gasteiger partial charge is 0.480 e. The van der Waals surface area contributed by atoms with Crippen LogP contribution in [0.15, 0.2) is 24.3 Å². The minimum atomic E-state index is -0.999. The smallest absolute Gasteiger partial charge is 0.325 e. The highest BCUT2D eigenvalue weighted by molar-refractivity contribution is 6.31. The number of carbonyl (C=O) groups excluding carboxylic acids is 1. The predicted molar refractivity (Wildman–Crippen MR) is 98.8 cm³/mol. The summed E-state index contributed by atoms with van der Waals surface area (Å²) >= 11 is 6.02. The lowest BCUT2D eigenvalue weighted by Crippen LogP contribution is -2.15. The Kier molecular flexibility index (Phi) is 4.65. The first-order valence-corrected chi connectivity index (χ1v) is 8.28. The van der Waals surface area contributed by atoms with Crippen LogP contribution in [0.5, 0.6) is 0 Å². The Balaban J connectivity index is 2.00. The number of hydrogen-bond donors (Lipinski definition) is 2. The number of fused-ring (bicyclic) bond motifs is 1. The molecule has 1 aromatic carbocycles. The van der Waals surface area contributed by atoms with Gasteiger partial charge in [0.15, 0.2) is 0 Å². The molecule has 7 nitrogen and oxygen atoms in total. The number of hydrogen-bond acceptors (Lipinski definition) is 4. The summed E-state index contributed by atoms with van der Waals surface area (Å²) in [6, 6.07) is 6.88. The van der Waals surface area contributed by atoms with E-state index in [1.165, 1.54) is 4.68 Å². The first-order valence-electron chi connectivity index (χ1n) is 7.90. The minimum absolute atomic E-state index is 0.266. The normalized spacial score (nSPS) is 10.9. The molecule has 0 saturated heterocycles. The summed E-state index contributed by atoms with van der Waals surface area (Å²) in [6.45, 7) is 4.97. The van der Waals surface area contributed by atoms with Gasteiger partial charge in [-0.05, 0) is 39.0 Å². The number of amides is 1. The molecule has 0 aliphatic rings. The van der Waals surface area contributed by atoms with Gasteiger partial charge in [0.05, 0.1) is 28.2 Å². The number of carbonyl (C=O) groups is 2. The van der Waals surface area contributed by atoms with E-state index < -0.39 is 5.97 Å². The van der Waals surface area contributed by atoms with Crippen molar-refractivity contribution in [2.45, 2.75) is 27.3 Å². The van der Waals surface area contributed by atoms with E-state index in [-0.39, 0.29) is 12.5 Å². The van der Waals surface area contributed by atoms with Gasteiger partial charge in [-0.25, -0.2) is 0 Å². The van der Waals surface area contributed by atoms with Crippen molar-refractivity contribution in [3.05, 3.63) is 51.9 Å². The summed E-state index contributed by atoms with van der Waals surface area (Å²) in [6.07, 6.45) is 0. The molecule has 2 aromatic heterocycles. The molecular formula is C18H17ClN4O3. The number of aliphatic carboxylic acids is 1. The number of nitrogens with one attached hydrogen (secondary N) is 1. The fourth-order valence-corrected chi connectivity index (χ4v) is 3.03. The lowest BCUT2D eigenvalue weighted by molar-refractivity contribution is -0.137. The Labute approximate surface area is 154 Å². The molecule has 2 heterocycles. The van der Waals surface area contributed by atoms with Crippen molar-refractivity contribution in [1.82, 2.24) is 14.8 Å². The molecule has 0 fully saturated rings. The Morgan fingerprint density at radius 1 is 1.23 bits per heavy atom. The Morgan fingerprint density at radius 3 is 2.65 bits per heavy atom. The molecule has 1 amide bonds. The van der Waals surface area contributed by atoms with Gasteiger partial charge in [0.25, 0.3) is 5.91 Å². The molecule has 0 aliphatic heterocycles. The van der Waals surface area contributed by atoms with Crippen LogP contribution in [0.25, 0.3) is 10.9 Å². The van der Waals surface area contributed by atoms with Crippen LogP contribution < -0.4 is 5.32 Å². The maximum absolute atomic E-state index is 12.9. The fraction of sp³-hybridized carbons (Fsp3) is 0.222. The second kappa shape index (κ2) is 6.76. The molecule has 0 aliphatic carbocycles. The van der Waals surface area contributed by atoms with Crippen LogP contribution in [0.2, 0.25) is 5.02 Å². The monoisotopic (exact) mass is 372 g/mol. The molecule has 3 aromatic rings. The molecule has 2 N–H and O–H groups in total. The molecule has 134 valence electrons. The molecule has 3 rings (SSSR count). The molecular weight excluding hydrogens is 356 g/mol. The maximum atomic E-state index is 12.9. The maximum Gasteiger partial charge on any atom is 0.325 e. The van der Waals surface area contributed by atoms with Crippen LogP contribution in [-0.2, 0) is 11.3 Å². The van der Waals surface area contributed by atoms with Crippen molar-refractivity contribution >= 4 is 40.1 Å². The van der Waals surface area contributed by atoms with Crippen LogP contribution in [0.1, 0.15) is 27.4 Å². The van der Waals surface area contributed by atoms with Crippen molar-refractivity contribution in [2.75, 3.05) is 5.32 Å². The van der Waals surface area contributed by atoms with E-state index in [9.17, 15) is 9.59 Å². The van der Waals surface area contributed by atoms with Gasteiger partial charge in [0.1, 0.15) is 6.54 Å². The number of aryl methyl sites for hydroxylation is 2. The molecule has 0 bridgehead atoms. The third kappa shape index (κ3) is 3.39. The number of rotatable bonds is 4. The highest BCUT2D eigenvalue weighted by Gasteiger charge is 2.18. The van der Waals surface area contributed by atoms with Crippen molar-refractivity contribution < 1.29 is 14.7 Å². The van der Waals surface area contributed by atoms with Crippen LogP contribution in [0, 0.1) is 20.8 Å². The standard InChI is InChI=1S/C18H17ClN4O3/c1-9-6-14(13-5-4-12(19)7-15(13)20-9)18(26)21-17-10(2)22-23(11(17)3)8-16(24)25/h4-7H,8H2,1-3H3,(H,21,26)(H,24,25). The number of anilines is 1. The lowest BCUT2D eigenvalue weighted by atomic mass is 10.1. The average Bonchev–Trinajstić information content (AvgIpc) is 2.80. The first-order chi connectivity index (χ1) is 12.3. The second-order valence-electron chi connectivity index (χ2n) is 6.02. The van der Waals surface area contributed by atoms with Gasteiger partial charge < -0.3 is 10.4 Å². The zero-order valence-corrected chi connectivity index (χ0v) is 15.3. The fourth-order valence-electron chi connectivity index (χ4n) is 2.86. The number of halogens is 1. The van der Waals surface area contributed by atoms with Crippen LogP contribution in [0.3, 0.4) is 0 Å². The average molecular weight is 373 g/mol. The molecule has 26 heavy (non-hydrogen) atoms. The summed E-state index contributed by atoms with van der Waals surface area (Å²) in [5.41, 5.74) is 3.44. The van der Waals surface area contributed by atoms with E-state index in [4.69, 9.17) is 16.7 Å². The molecule has 0 radical (unpaired) electrons. The summed E-state index contributed by atoms with van der Waals surface area (Å²) in [5, 5.41) is 17.2. The Morgan fingerprint density at radius 2 is 1.96 bits per heavy atom. The third-order valence-corrected chi connectivity index (χ3v) is 4.28. The van der Waals surface area contributed by atoms with Gasteiger partial charge in [0.2, 0.25) is 0 Å². The zero-order valence-electron chi connectivity index (χ0n) is 14.5. The predicted octanol–water partition coefficient (Wildman–Crippen LogP) is 3.35. The quantitative estimate of drug-likeness (QED) is 0.732. The molecule has 8 heteroatoms. The number of carboxylic acid groups (broad SMARTS) is 1.